The van der Waals surface area contributed by atoms with Crippen LogP contribution in [0.15, 0.2) is 0 Å². The van der Waals surface area contributed by atoms with Gasteiger partial charge < -0.3 is 16.4 Å². The van der Waals surface area contributed by atoms with Gasteiger partial charge in [-0.1, -0.05) is 0 Å². The Kier molecular flexibility index (Phi) is 5.57. The molecule has 0 heterocycles. The van der Waals surface area contributed by atoms with Crippen molar-refractivity contribution in [3.63, 3.8) is 0 Å². The highest BCUT2D eigenvalue weighted by Gasteiger charge is 2.29. The van der Waals surface area contributed by atoms with Crippen molar-refractivity contribution in [3.05, 3.63) is 0 Å². The fourth-order valence-electron chi connectivity index (χ4n) is 1.40. The SMILES string of the molecule is CC(CC(C)(N)C(N)=O)N(C)CCS(C)(=O)=O. The molecule has 102 valence electrons. The zero-order valence-electron chi connectivity index (χ0n) is 10.9. The number of sulfone groups is 1. The highest BCUT2D eigenvalue weighted by molar-refractivity contribution is 7.90. The molecule has 0 rings (SSSR count). The quantitative estimate of drug-likeness (QED) is 0.610. The first kappa shape index (κ1) is 16.3. The van der Waals surface area contributed by atoms with Crippen LogP contribution in [0.5, 0.6) is 0 Å². The van der Waals surface area contributed by atoms with E-state index in [4.69, 9.17) is 11.5 Å². The van der Waals surface area contributed by atoms with Crippen LogP contribution in [0.1, 0.15) is 20.3 Å². The van der Waals surface area contributed by atoms with E-state index in [2.05, 4.69) is 0 Å². The summed E-state index contributed by atoms with van der Waals surface area (Å²) in [4.78, 5) is 12.9. The molecule has 4 N–H and O–H groups in total. The summed E-state index contributed by atoms with van der Waals surface area (Å²) in [5, 5.41) is 0. The number of nitrogens with zero attached hydrogens (tertiary/aromatic N) is 1. The fourth-order valence-corrected chi connectivity index (χ4v) is 2.02. The van der Waals surface area contributed by atoms with E-state index < -0.39 is 21.3 Å². The predicted molar refractivity (Wildman–Crippen MR) is 68.2 cm³/mol. The first-order chi connectivity index (χ1) is 7.46. The number of hydrogen-bond donors (Lipinski definition) is 2. The molecule has 0 aliphatic carbocycles. The van der Waals surface area contributed by atoms with Crippen molar-refractivity contribution in [3.8, 4) is 0 Å². The van der Waals surface area contributed by atoms with Crippen LogP contribution in [0.25, 0.3) is 0 Å². The second-order valence-electron chi connectivity index (χ2n) is 4.95. The minimum atomic E-state index is -2.98. The molecule has 0 spiro atoms. The van der Waals surface area contributed by atoms with Crippen molar-refractivity contribution in [2.24, 2.45) is 11.5 Å². The van der Waals surface area contributed by atoms with E-state index >= 15 is 0 Å². The number of carbonyl (C=O) groups excluding carboxylic acids is 1. The molecule has 0 saturated heterocycles. The van der Waals surface area contributed by atoms with Crippen LogP contribution in [0.4, 0.5) is 0 Å². The van der Waals surface area contributed by atoms with Gasteiger partial charge in [0.2, 0.25) is 5.91 Å². The lowest BCUT2D eigenvalue weighted by Gasteiger charge is -2.30. The van der Waals surface area contributed by atoms with Gasteiger partial charge in [-0.15, -0.1) is 0 Å². The summed E-state index contributed by atoms with van der Waals surface area (Å²) in [6.07, 6.45) is 1.59. The summed E-state index contributed by atoms with van der Waals surface area (Å²) in [6.45, 7) is 3.88. The Hall–Kier alpha value is -0.660. The summed E-state index contributed by atoms with van der Waals surface area (Å²) in [6, 6.07) is -0.0146. The van der Waals surface area contributed by atoms with E-state index in [-0.39, 0.29) is 11.8 Å². The Bertz CT molecular complexity index is 365. The third-order valence-electron chi connectivity index (χ3n) is 2.85. The Morgan fingerprint density at radius 2 is 1.94 bits per heavy atom. The summed E-state index contributed by atoms with van der Waals surface area (Å²) >= 11 is 0. The average Bonchev–Trinajstić information content (AvgIpc) is 2.11. The maximum Gasteiger partial charge on any atom is 0.237 e. The minimum absolute atomic E-state index is 0.0146. The van der Waals surface area contributed by atoms with Crippen molar-refractivity contribution in [2.75, 3.05) is 25.6 Å². The molecule has 7 heteroatoms. The standard InChI is InChI=1S/C10H23N3O3S/c1-8(7-10(2,12)9(11)14)13(3)5-6-17(4,15)16/h8H,5-7,12H2,1-4H3,(H2,11,14). The van der Waals surface area contributed by atoms with Crippen molar-refractivity contribution in [1.29, 1.82) is 0 Å². The number of carbonyl (C=O) groups is 1. The Labute approximate surface area is 103 Å². The summed E-state index contributed by atoms with van der Waals surface area (Å²) in [5.74, 6) is -0.466. The lowest BCUT2D eigenvalue weighted by atomic mass is 9.93. The fraction of sp³-hybridized carbons (Fsp3) is 0.900. The van der Waals surface area contributed by atoms with Crippen molar-refractivity contribution in [1.82, 2.24) is 4.90 Å². The van der Waals surface area contributed by atoms with E-state index in [9.17, 15) is 13.2 Å². The van der Waals surface area contributed by atoms with Crippen LogP contribution in [-0.2, 0) is 14.6 Å². The predicted octanol–water partition coefficient (Wildman–Crippen LogP) is -1.06. The van der Waals surface area contributed by atoms with Crippen molar-refractivity contribution < 1.29 is 13.2 Å². The molecule has 17 heavy (non-hydrogen) atoms. The summed E-state index contributed by atoms with van der Waals surface area (Å²) < 4.78 is 22.1. The zero-order valence-corrected chi connectivity index (χ0v) is 11.8. The first-order valence-electron chi connectivity index (χ1n) is 5.42. The molecule has 0 aromatic carbocycles. The molecular weight excluding hydrogens is 242 g/mol. The lowest BCUT2D eigenvalue weighted by molar-refractivity contribution is -0.123. The summed E-state index contributed by atoms with van der Waals surface area (Å²) in [5.41, 5.74) is 9.87. The molecule has 0 saturated carbocycles. The molecule has 2 unspecified atom stereocenters. The molecule has 0 aromatic heterocycles. The molecule has 2 atom stereocenters. The van der Waals surface area contributed by atoms with E-state index in [1.165, 1.54) is 6.26 Å². The molecule has 0 aliphatic rings. The van der Waals surface area contributed by atoms with Gasteiger partial charge in [-0.25, -0.2) is 8.42 Å². The lowest BCUT2D eigenvalue weighted by Crippen LogP contribution is -2.53. The second-order valence-corrected chi connectivity index (χ2v) is 7.21. The van der Waals surface area contributed by atoms with E-state index in [1.807, 2.05) is 11.8 Å². The van der Waals surface area contributed by atoms with Gasteiger partial charge in [0.25, 0.3) is 0 Å². The topological polar surface area (TPSA) is 106 Å². The molecule has 1 amide bonds. The second kappa shape index (κ2) is 5.79. The Morgan fingerprint density at radius 1 is 1.47 bits per heavy atom. The van der Waals surface area contributed by atoms with Crippen LogP contribution in [0.2, 0.25) is 0 Å². The Morgan fingerprint density at radius 3 is 2.29 bits per heavy atom. The molecule has 0 aromatic rings. The third kappa shape index (κ3) is 6.60. The first-order valence-corrected chi connectivity index (χ1v) is 7.48. The molecule has 0 radical (unpaired) electrons. The van der Waals surface area contributed by atoms with Crippen LogP contribution < -0.4 is 11.5 Å². The number of amides is 1. The van der Waals surface area contributed by atoms with Gasteiger partial charge in [0, 0.05) is 18.8 Å². The number of rotatable bonds is 7. The van der Waals surface area contributed by atoms with Gasteiger partial charge in [0.15, 0.2) is 0 Å². The maximum absolute atomic E-state index is 11.1. The average molecular weight is 265 g/mol. The van der Waals surface area contributed by atoms with Crippen LogP contribution in [0, 0.1) is 0 Å². The monoisotopic (exact) mass is 265 g/mol. The van der Waals surface area contributed by atoms with Gasteiger partial charge in [-0.3, -0.25) is 4.79 Å². The normalized spacial score (nSPS) is 17.8. The van der Waals surface area contributed by atoms with Crippen molar-refractivity contribution >= 4 is 15.7 Å². The van der Waals surface area contributed by atoms with Gasteiger partial charge in [0.05, 0.1) is 11.3 Å². The van der Waals surface area contributed by atoms with Gasteiger partial charge in [-0.05, 0) is 27.3 Å². The van der Waals surface area contributed by atoms with E-state index in [1.54, 1.807) is 14.0 Å². The van der Waals surface area contributed by atoms with Crippen molar-refractivity contribution in [2.45, 2.75) is 31.8 Å². The minimum Gasteiger partial charge on any atom is -0.368 e. The molecule has 0 fully saturated rings. The maximum atomic E-state index is 11.1. The number of primary amides is 1. The molecular formula is C10H23N3O3S. The number of nitrogens with two attached hydrogens (primary N) is 2. The van der Waals surface area contributed by atoms with Crippen LogP contribution >= 0.6 is 0 Å². The molecule has 0 bridgehead atoms. The van der Waals surface area contributed by atoms with Crippen LogP contribution in [-0.4, -0.2) is 56.4 Å². The van der Waals surface area contributed by atoms with Crippen LogP contribution in [0.3, 0.4) is 0 Å². The molecule has 0 aliphatic heterocycles. The van der Waals surface area contributed by atoms with Gasteiger partial charge in [0.1, 0.15) is 9.84 Å². The van der Waals surface area contributed by atoms with E-state index in [0.29, 0.717) is 13.0 Å². The van der Waals surface area contributed by atoms with Gasteiger partial charge in [-0.2, -0.15) is 0 Å². The number of hydrogen-bond acceptors (Lipinski definition) is 5. The highest BCUT2D eigenvalue weighted by Crippen LogP contribution is 2.12. The van der Waals surface area contributed by atoms with Gasteiger partial charge >= 0.3 is 0 Å². The van der Waals surface area contributed by atoms with E-state index in [0.717, 1.165) is 0 Å². The zero-order chi connectivity index (χ0) is 13.9. The third-order valence-corrected chi connectivity index (χ3v) is 3.77. The summed E-state index contributed by atoms with van der Waals surface area (Å²) in [7, 11) is -1.18. The highest BCUT2D eigenvalue weighted by atomic mass is 32.2. The smallest absolute Gasteiger partial charge is 0.237 e. The molecule has 6 nitrogen and oxygen atoms in total. The Balaban J connectivity index is 4.33. The largest absolute Gasteiger partial charge is 0.368 e.